The van der Waals surface area contributed by atoms with Crippen LogP contribution >= 0.6 is 23.4 Å². The fourth-order valence-corrected chi connectivity index (χ4v) is 7.06. The molecule has 1 aromatic carbocycles. The Labute approximate surface area is 239 Å². The number of ether oxygens (including phenoxy) is 3. The predicted octanol–water partition coefficient (Wildman–Crippen LogP) is 4.92. The van der Waals surface area contributed by atoms with Crippen LogP contribution in [0.1, 0.15) is 66.4 Å². The molecule has 3 aliphatic rings. The van der Waals surface area contributed by atoms with Gasteiger partial charge in [-0.2, -0.15) is 0 Å². The zero-order valence-corrected chi connectivity index (χ0v) is 24.7. The topological polar surface area (TPSA) is 92.9 Å². The van der Waals surface area contributed by atoms with Crippen molar-refractivity contribution in [2.75, 3.05) is 39.1 Å². The summed E-state index contributed by atoms with van der Waals surface area (Å²) in [7, 11) is 0. The van der Waals surface area contributed by atoms with E-state index >= 15 is 0 Å². The van der Waals surface area contributed by atoms with Crippen LogP contribution in [0.3, 0.4) is 0 Å². The third-order valence-corrected chi connectivity index (χ3v) is 9.25. The van der Waals surface area contributed by atoms with Gasteiger partial charge in [-0.05, 0) is 76.6 Å². The molecular weight excluding hydrogens is 538 g/mol. The summed E-state index contributed by atoms with van der Waals surface area (Å²) < 4.78 is 18.6. The first-order valence-corrected chi connectivity index (χ1v) is 15.3. The lowest BCUT2D eigenvalue weighted by atomic mass is 9.87. The molecule has 1 aromatic heterocycles. The molecule has 1 amide bonds. The van der Waals surface area contributed by atoms with E-state index in [4.69, 9.17) is 25.8 Å². The molecule has 0 aliphatic carbocycles. The maximum absolute atomic E-state index is 13.4. The molecule has 8 nitrogen and oxygen atoms in total. The number of pyridine rings is 1. The Morgan fingerprint density at radius 2 is 2.03 bits per heavy atom. The summed E-state index contributed by atoms with van der Waals surface area (Å²) in [4.78, 5) is 32.1. The highest BCUT2D eigenvalue weighted by atomic mass is 35.5. The maximum Gasteiger partial charge on any atom is 0.254 e. The fraction of sp³-hybridized carbons (Fsp3) is 0.586. The van der Waals surface area contributed by atoms with Crippen LogP contribution in [-0.2, 0) is 16.0 Å². The van der Waals surface area contributed by atoms with E-state index in [1.165, 1.54) is 11.8 Å². The van der Waals surface area contributed by atoms with Crippen molar-refractivity contribution in [2.45, 2.75) is 63.4 Å². The van der Waals surface area contributed by atoms with Gasteiger partial charge in [0.05, 0.1) is 18.3 Å². The van der Waals surface area contributed by atoms with Crippen LogP contribution in [0.4, 0.5) is 0 Å². The average Bonchev–Trinajstić information content (AvgIpc) is 3.40. The van der Waals surface area contributed by atoms with Crippen LogP contribution < -0.4 is 15.6 Å². The second-order valence-electron chi connectivity index (χ2n) is 11.1. The Balaban J connectivity index is 1.30. The molecule has 39 heavy (non-hydrogen) atoms. The number of carbonyl (C=O) groups excluding carboxylic acids is 1. The summed E-state index contributed by atoms with van der Waals surface area (Å²) in [5.41, 5.74) is 2.18. The predicted molar refractivity (Wildman–Crippen MR) is 153 cm³/mol. The molecule has 4 heterocycles. The molecule has 3 aliphatic heterocycles. The van der Waals surface area contributed by atoms with E-state index < -0.39 is 5.79 Å². The third kappa shape index (κ3) is 6.17. The van der Waals surface area contributed by atoms with Crippen molar-refractivity contribution in [3.8, 4) is 5.75 Å². The number of hydrogen-bond donors (Lipinski definition) is 2. The highest BCUT2D eigenvalue weighted by Gasteiger charge is 2.45. The monoisotopic (exact) mass is 575 g/mol. The molecule has 10 heteroatoms. The normalized spacial score (nSPS) is 25.8. The minimum absolute atomic E-state index is 0.102. The van der Waals surface area contributed by atoms with Crippen molar-refractivity contribution in [2.24, 2.45) is 11.8 Å². The lowest BCUT2D eigenvalue weighted by Crippen LogP contribution is -2.51. The van der Waals surface area contributed by atoms with Gasteiger partial charge in [-0.3, -0.25) is 9.59 Å². The standard InChI is InChI=1S/C29H38ClN3O5S/c1-17-11-25(39-4)23(28(35)32-17)14-31-27(34)22-12-21(30)13-24-26(22)18(2)37-29(3,38-24)20-5-8-33(9-6-20)15-19-7-10-36-16-19/h11-13,18-20H,5-10,14-16H2,1-4H3,(H,31,34)(H,32,35). The Kier molecular flexibility index (Phi) is 8.64. The van der Waals surface area contributed by atoms with Gasteiger partial charge in [0.15, 0.2) is 0 Å². The second kappa shape index (κ2) is 11.8. The first kappa shape index (κ1) is 28.5. The number of carbonyl (C=O) groups is 1. The van der Waals surface area contributed by atoms with E-state index in [2.05, 4.69) is 15.2 Å². The lowest BCUT2D eigenvalue weighted by Gasteiger charge is -2.46. The van der Waals surface area contributed by atoms with E-state index in [-0.39, 0.29) is 30.0 Å². The molecule has 0 saturated carbocycles. The van der Waals surface area contributed by atoms with Crippen molar-refractivity contribution in [1.29, 1.82) is 0 Å². The highest BCUT2D eigenvalue weighted by molar-refractivity contribution is 7.98. The smallest absolute Gasteiger partial charge is 0.254 e. The molecule has 0 radical (unpaired) electrons. The van der Waals surface area contributed by atoms with Crippen LogP contribution in [0.2, 0.25) is 5.02 Å². The first-order valence-electron chi connectivity index (χ1n) is 13.7. The number of rotatable bonds is 7. The summed E-state index contributed by atoms with van der Waals surface area (Å²) in [5, 5.41) is 3.33. The van der Waals surface area contributed by atoms with Crippen LogP contribution in [0, 0.1) is 18.8 Å². The molecule has 2 N–H and O–H groups in total. The van der Waals surface area contributed by atoms with Gasteiger partial charge in [0, 0.05) is 59.3 Å². The molecule has 2 aromatic rings. The number of amides is 1. The molecule has 2 fully saturated rings. The maximum atomic E-state index is 13.4. The van der Waals surface area contributed by atoms with Crippen LogP contribution in [0.15, 0.2) is 27.9 Å². The molecule has 212 valence electrons. The number of aromatic amines is 1. The summed E-state index contributed by atoms with van der Waals surface area (Å²) in [6.45, 7) is 10.7. The highest BCUT2D eigenvalue weighted by Crippen LogP contribution is 2.46. The molecular formula is C29H38ClN3O5S. The van der Waals surface area contributed by atoms with Gasteiger partial charge in [0.2, 0.25) is 5.79 Å². The number of nitrogens with zero attached hydrogens (tertiary/aromatic N) is 1. The number of fused-ring (bicyclic) bond motifs is 1. The Morgan fingerprint density at radius 3 is 2.72 bits per heavy atom. The number of nitrogens with one attached hydrogen (secondary N) is 2. The van der Waals surface area contributed by atoms with Gasteiger partial charge < -0.3 is 29.4 Å². The van der Waals surface area contributed by atoms with Gasteiger partial charge in [0.1, 0.15) is 5.75 Å². The quantitative estimate of drug-likeness (QED) is 0.453. The van der Waals surface area contributed by atoms with Gasteiger partial charge in [-0.1, -0.05) is 11.6 Å². The molecule has 5 rings (SSSR count). The summed E-state index contributed by atoms with van der Waals surface area (Å²) in [6.07, 6.45) is 4.64. The number of halogens is 1. The molecule has 2 saturated heterocycles. The fourth-order valence-electron chi connectivity index (χ4n) is 6.15. The van der Waals surface area contributed by atoms with Gasteiger partial charge in [-0.25, -0.2) is 0 Å². The molecule has 0 bridgehead atoms. The molecule has 3 unspecified atom stereocenters. The number of aryl methyl sites for hydroxylation is 1. The van der Waals surface area contributed by atoms with E-state index in [0.717, 1.165) is 62.7 Å². The second-order valence-corrected chi connectivity index (χ2v) is 12.3. The van der Waals surface area contributed by atoms with Crippen molar-refractivity contribution in [1.82, 2.24) is 15.2 Å². The Morgan fingerprint density at radius 1 is 1.26 bits per heavy atom. The van der Waals surface area contributed by atoms with Crippen molar-refractivity contribution < 1.29 is 19.0 Å². The number of hydrogen-bond acceptors (Lipinski definition) is 7. The van der Waals surface area contributed by atoms with Gasteiger partial charge in [0.25, 0.3) is 11.5 Å². The van der Waals surface area contributed by atoms with E-state index in [0.29, 0.717) is 33.4 Å². The summed E-state index contributed by atoms with van der Waals surface area (Å²) >= 11 is 7.96. The van der Waals surface area contributed by atoms with Gasteiger partial charge >= 0.3 is 0 Å². The van der Waals surface area contributed by atoms with Crippen LogP contribution in [0.5, 0.6) is 5.75 Å². The number of piperidine rings is 1. The van der Waals surface area contributed by atoms with Crippen molar-refractivity contribution in [3.05, 3.63) is 56.0 Å². The SMILES string of the molecule is CSc1cc(C)[nH]c(=O)c1CNC(=O)c1cc(Cl)cc2c1C(C)OC(C)(C1CCN(CC3CCOC3)CC1)O2. The zero-order chi connectivity index (χ0) is 27.7. The summed E-state index contributed by atoms with van der Waals surface area (Å²) in [6, 6.07) is 5.32. The minimum Gasteiger partial charge on any atom is -0.462 e. The number of thioether (sulfide) groups is 1. The van der Waals surface area contributed by atoms with Crippen molar-refractivity contribution >= 4 is 29.3 Å². The number of H-pyrrole nitrogens is 1. The largest absolute Gasteiger partial charge is 0.462 e. The van der Waals surface area contributed by atoms with E-state index in [9.17, 15) is 9.59 Å². The molecule has 0 spiro atoms. The third-order valence-electron chi connectivity index (χ3n) is 8.23. The molecule has 3 atom stereocenters. The summed E-state index contributed by atoms with van der Waals surface area (Å²) in [5.74, 6) is 0.300. The number of benzene rings is 1. The number of aromatic nitrogens is 1. The Hall–Kier alpha value is -2.04. The van der Waals surface area contributed by atoms with Crippen LogP contribution in [0.25, 0.3) is 0 Å². The van der Waals surface area contributed by atoms with Crippen LogP contribution in [-0.4, -0.2) is 60.7 Å². The Bertz CT molecular complexity index is 1270. The zero-order valence-electron chi connectivity index (χ0n) is 23.1. The lowest BCUT2D eigenvalue weighted by molar-refractivity contribution is -0.250. The average molecular weight is 576 g/mol. The minimum atomic E-state index is -0.810. The number of likely N-dealkylation sites (tertiary alicyclic amines) is 1. The first-order chi connectivity index (χ1) is 18.7. The van der Waals surface area contributed by atoms with Gasteiger partial charge in [-0.15, -0.1) is 11.8 Å². The van der Waals surface area contributed by atoms with Crippen molar-refractivity contribution in [3.63, 3.8) is 0 Å². The van der Waals surface area contributed by atoms with E-state index in [1.807, 2.05) is 33.1 Å². The van der Waals surface area contributed by atoms with E-state index in [1.54, 1.807) is 12.1 Å².